The van der Waals surface area contributed by atoms with E-state index in [9.17, 15) is 9.59 Å². The molecule has 0 radical (unpaired) electrons. The Bertz CT molecular complexity index is 556. The van der Waals surface area contributed by atoms with Crippen molar-refractivity contribution in [1.82, 2.24) is 4.90 Å². The van der Waals surface area contributed by atoms with Gasteiger partial charge in [-0.1, -0.05) is 19.9 Å². The highest BCUT2D eigenvalue weighted by molar-refractivity contribution is 5.79. The number of hydrogen-bond acceptors (Lipinski definition) is 5. The third kappa shape index (κ3) is 5.76. The molecule has 0 aromatic heterocycles. The molecule has 0 N–H and O–H groups in total. The Morgan fingerprint density at radius 3 is 2.25 bits per heavy atom. The second-order valence-corrected chi connectivity index (χ2v) is 5.75. The second-order valence-electron chi connectivity index (χ2n) is 5.75. The van der Waals surface area contributed by atoms with Crippen molar-refractivity contribution in [3.8, 4) is 11.5 Å². The summed E-state index contributed by atoms with van der Waals surface area (Å²) in [5.74, 6) is 0.920. The Morgan fingerprint density at radius 2 is 1.71 bits per heavy atom. The van der Waals surface area contributed by atoms with Gasteiger partial charge in [-0.2, -0.15) is 0 Å². The molecule has 1 rings (SSSR count). The first kappa shape index (κ1) is 19.8. The summed E-state index contributed by atoms with van der Waals surface area (Å²) in [5, 5.41) is 0. The number of carbonyl (C=O) groups is 2. The average Bonchev–Trinajstić information content (AvgIpc) is 2.60. The molecule has 0 heterocycles. The van der Waals surface area contributed by atoms with E-state index in [0.29, 0.717) is 31.0 Å². The molecule has 0 spiro atoms. The summed E-state index contributed by atoms with van der Waals surface area (Å²) < 4.78 is 15.2. The molecule has 0 unspecified atom stereocenters. The topological polar surface area (TPSA) is 65.1 Å². The Hall–Kier alpha value is -2.24. The van der Waals surface area contributed by atoms with Gasteiger partial charge in [0.2, 0.25) is 5.91 Å². The van der Waals surface area contributed by atoms with Crippen molar-refractivity contribution in [2.75, 3.05) is 34.4 Å². The average molecular weight is 337 g/mol. The normalized spacial score (nSPS) is 10.4. The van der Waals surface area contributed by atoms with Gasteiger partial charge in [-0.15, -0.1) is 0 Å². The zero-order valence-electron chi connectivity index (χ0n) is 15.1. The van der Waals surface area contributed by atoms with Gasteiger partial charge in [-0.3, -0.25) is 9.59 Å². The summed E-state index contributed by atoms with van der Waals surface area (Å²) in [6.45, 7) is 4.59. The number of benzene rings is 1. The minimum atomic E-state index is -0.317. The van der Waals surface area contributed by atoms with E-state index >= 15 is 0 Å². The maximum atomic E-state index is 12.3. The molecule has 0 aliphatic carbocycles. The van der Waals surface area contributed by atoms with Crippen LogP contribution in [0.2, 0.25) is 0 Å². The first-order valence-corrected chi connectivity index (χ1v) is 7.99. The SMILES string of the molecule is COC(=O)CCN(CCc1ccc(OC)c(OC)c1)C(=O)C(C)C. The zero-order valence-corrected chi connectivity index (χ0v) is 15.1. The van der Waals surface area contributed by atoms with Crippen molar-refractivity contribution in [2.24, 2.45) is 5.92 Å². The van der Waals surface area contributed by atoms with E-state index in [1.54, 1.807) is 19.1 Å². The van der Waals surface area contributed by atoms with Gasteiger partial charge < -0.3 is 19.1 Å². The smallest absolute Gasteiger partial charge is 0.307 e. The van der Waals surface area contributed by atoms with Crippen LogP contribution in [0, 0.1) is 5.92 Å². The standard InChI is InChI=1S/C18H27NO5/c1-13(2)18(21)19(11-9-17(20)24-5)10-8-14-6-7-15(22-3)16(12-14)23-4/h6-7,12-13H,8-11H2,1-5H3. The molecule has 1 aromatic carbocycles. The van der Waals surface area contributed by atoms with Crippen LogP contribution in [-0.2, 0) is 20.7 Å². The van der Waals surface area contributed by atoms with Crippen molar-refractivity contribution in [3.05, 3.63) is 23.8 Å². The summed E-state index contributed by atoms with van der Waals surface area (Å²) in [6.07, 6.45) is 0.862. The maximum absolute atomic E-state index is 12.3. The summed E-state index contributed by atoms with van der Waals surface area (Å²) in [4.78, 5) is 25.4. The monoisotopic (exact) mass is 337 g/mol. The van der Waals surface area contributed by atoms with Crippen LogP contribution in [0.3, 0.4) is 0 Å². The molecule has 6 heteroatoms. The molecule has 0 atom stereocenters. The minimum absolute atomic E-state index is 0.0272. The van der Waals surface area contributed by atoms with Gasteiger partial charge in [0, 0.05) is 19.0 Å². The molecule has 0 aliphatic heterocycles. The lowest BCUT2D eigenvalue weighted by atomic mass is 10.1. The predicted octanol–water partition coefficient (Wildman–Crippen LogP) is 2.29. The minimum Gasteiger partial charge on any atom is -0.493 e. The lowest BCUT2D eigenvalue weighted by molar-refractivity contribution is -0.142. The number of amides is 1. The molecular weight excluding hydrogens is 310 g/mol. The van der Waals surface area contributed by atoms with Gasteiger partial charge in [-0.25, -0.2) is 0 Å². The zero-order chi connectivity index (χ0) is 18.1. The Morgan fingerprint density at radius 1 is 1.04 bits per heavy atom. The molecule has 1 amide bonds. The molecule has 0 bridgehead atoms. The Balaban J connectivity index is 2.76. The van der Waals surface area contributed by atoms with Crippen LogP contribution in [0.15, 0.2) is 18.2 Å². The summed E-state index contributed by atoms with van der Waals surface area (Å²) in [5.41, 5.74) is 1.03. The lowest BCUT2D eigenvalue weighted by Crippen LogP contribution is -2.37. The van der Waals surface area contributed by atoms with Crippen LogP contribution in [0.1, 0.15) is 25.8 Å². The Kier molecular flexibility index (Phi) is 8.09. The van der Waals surface area contributed by atoms with Gasteiger partial charge in [-0.05, 0) is 24.1 Å². The van der Waals surface area contributed by atoms with E-state index in [4.69, 9.17) is 9.47 Å². The van der Waals surface area contributed by atoms with Crippen LogP contribution in [0.4, 0.5) is 0 Å². The second kappa shape index (κ2) is 9.80. The van der Waals surface area contributed by atoms with E-state index in [-0.39, 0.29) is 24.2 Å². The van der Waals surface area contributed by atoms with Crippen LogP contribution in [-0.4, -0.2) is 51.2 Å². The number of hydrogen-bond donors (Lipinski definition) is 0. The fourth-order valence-electron chi connectivity index (χ4n) is 2.33. The summed E-state index contributed by atoms with van der Waals surface area (Å²) >= 11 is 0. The summed E-state index contributed by atoms with van der Waals surface area (Å²) in [7, 11) is 4.53. The number of carbonyl (C=O) groups excluding carboxylic acids is 2. The maximum Gasteiger partial charge on any atom is 0.307 e. The van der Waals surface area contributed by atoms with Crippen molar-refractivity contribution in [3.63, 3.8) is 0 Å². The summed E-state index contributed by atoms with van der Waals surface area (Å²) in [6, 6.07) is 5.69. The quantitative estimate of drug-likeness (QED) is 0.647. The molecule has 0 saturated heterocycles. The van der Waals surface area contributed by atoms with E-state index in [2.05, 4.69) is 4.74 Å². The molecule has 0 aliphatic rings. The molecule has 1 aromatic rings. The number of methoxy groups -OCH3 is 3. The number of rotatable bonds is 9. The van der Waals surface area contributed by atoms with Gasteiger partial charge in [0.05, 0.1) is 27.8 Å². The third-order valence-corrected chi connectivity index (χ3v) is 3.74. The highest BCUT2D eigenvalue weighted by Crippen LogP contribution is 2.27. The van der Waals surface area contributed by atoms with E-state index in [1.165, 1.54) is 7.11 Å². The highest BCUT2D eigenvalue weighted by atomic mass is 16.5. The van der Waals surface area contributed by atoms with Gasteiger partial charge in [0.1, 0.15) is 0 Å². The van der Waals surface area contributed by atoms with Gasteiger partial charge >= 0.3 is 5.97 Å². The molecule has 134 valence electrons. The molecule has 6 nitrogen and oxygen atoms in total. The molecule has 0 saturated carbocycles. The van der Waals surface area contributed by atoms with Crippen LogP contribution in [0.25, 0.3) is 0 Å². The molecule has 0 fully saturated rings. The number of ether oxygens (including phenoxy) is 3. The largest absolute Gasteiger partial charge is 0.493 e. The first-order valence-electron chi connectivity index (χ1n) is 7.99. The lowest BCUT2D eigenvalue weighted by Gasteiger charge is -2.24. The Labute approximate surface area is 143 Å². The fourth-order valence-corrected chi connectivity index (χ4v) is 2.33. The molecular formula is C18H27NO5. The first-order chi connectivity index (χ1) is 11.4. The third-order valence-electron chi connectivity index (χ3n) is 3.74. The van der Waals surface area contributed by atoms with Crippen LogP contribution in [0.5, 0.6) is 11.5 Å². The number of esters is 1. The fraction of sp³-hybridized carbons (Fsp3) is 0.556. The van der Waals surface area contributed by atoms with Gasteiger partial charge in [0.25, 0.3) is 0 Å². The van der Waals surface area contributed by atoms with Crippen LogP contribution >= 0.6 is 0 Å². The van der Waals surface area contributed by atoms with Crippen molar-refractivity contribution < 1.29 is 23.8 Å². The van der Waals surface area contributed by atoms with Crippen molar-refractivity contribution in [1.29, 1.82) is 0 Å². The highest BCUT2D eigenvalue weighted by Gasteiger charge is 2.18. The van der Waals surface area contributed by atoms with E-state index in [0.717, 1.165) is 5.56 Å². The van der Waals surface area contributed by atoms with Gasteiger partial charge in [0.15, 0.2) is 11.5 Å². The van der Waals surface area contributed by atoms with E-state index < -0.39 is 0 Å². The molecule has 24 heavy (non-hydrogen) atoms. The van der Waals surface area contributed by atoms with E-state index in [1.807, 2.05) is 32.0 Å². The van der Waals surface area contributed by atoms with Crippen LogP contribution < -0.4 is 9.47 Å². The van der Waals surface area contributed by atoms with Crippen molar-refractivity contribution in [2.45, 2.75) is 26.7 Å². The van der Waals surface area contributed by atoms with Crippen molar-refractivity contribution >= 4 is 11.9 Å². The predicted molar refractivity (Wildman–Crippen MR) is 91.3 cm³/mol. The number of nitrogens with zero attached hydrogens (tertiary/aromatic N) is 1.